The van der Waals surface area contributed by atoms with E-state index in [9.17, 15) is 29.3 Å². The van der Waals surface area contributed by atoms with Crippen molar-refractivity contribution >= 4 is 46.4 Å². The molecule has 170 valence electrons. The molecule has 0 bridgehead atoms. The van der Waals surface area contributed by atoms with Crippen molar-refractivity contribution in [3.63, 3.8) is 0 Å². The van der Waals surface area contributed by atoms with Crippen LogP contribution in [0.3, 0.4) is 0 Å². The summed E-state index contributed by atoms with van der Waals surface area (Å²) in [6, 6.07) is 11.4. The first-order chi connectivity index (χ1) is 15.8. The van der Waals surface area contributed by atoms with E-state index in [1.807, 2.05) is 0 Å². The predicted molar refractivity (Wildman–Crippen MR) is 119 cm³/mol. The van der Waals surface area contributed by atoms with Gasteiger partial charge in [-0.2, -0.15) is 0 Å². The average molecular weight is 470 g/mol. The van der Waals surface area contributed by atoms with Crippen LogP contribution >= 0.6 is 11.8 Å². The van der Waals surface area contributed by atoms with Gasteiger partial charge in [0.15, 0.2) is 12.4 Å². The molecule has 11 heteroatoms. The summed E-state index contributed by atoms with van der Waals surface area (Å²) in [6.45, 7) is 1.25. The molecule has 1 heterocycles. The van der Waals surface area contributed by atoms with Crippen LogP contribution in [0, 0.1) is 10.1 Å². The highest BCUT2D eigenvalue weighted by atomic mass is 32.2. The maximum absolute atomic E-state index is 12.6. The Hall–Kier alpha value is -3.99. The van der Waals surface area contributed by atoms with Crippen LogP contribution in [0.1, 0.15) is 22.8 Å². The highest BCUT2D eigenvalue weighted by Gasteiger charge is 2.36. The van der Waals surface area contributed by atoms with Crippen molar-refractivity contribution in [2.45, 2.75) is 6.92 Å². The molecular weight excluding hydrogens is 452 g/mol. The Morgan fingerprint density at radius 2 is 1.76 bits per heavy atom. The van der Waals surface area contributed by atoms with E-state index in [1.54, 1.807) is 31.2 Å². The van der Waals surface area contributed by atoms with Gasteiger partial charge >= 0.3 is 5.97 Å². The van der Waals surface area contributed by atoms with Crippen LogP contribution in [0.25, 0.3) is 6.08 Å². The number of rotatable bonds is 9. The van der Waals surface area contributed by atoms with Crippen molar-refractivity contribution in [1.82, 2.24) is 4.90 Å². The highest BCUT2D eigenvalue weighted by molar-refractivity contribution is 8.18. The van der Waals surface area contributed by atoms with Gasteiger partial charge in [0, 0.05) is 17.7 Å². The maximum Gasteiger partial charge on any atom is 0.344 e. The third-order valence-electron chi connectivity index (χ3n) is 4.42. The van der Waals surface area contributed by atoms with Crippen molar-refractivity contribution in [3.05, 3.63) is 74.7 Å². The first kappa shape index (κ1) is 23.7. The first-order valence-corrected chi connectivity index (χ1v) is 10.5. The smallest absolute Gasteiger partial charge is 0.344 e. The maximum atomic E-state index is 12.6. The number of Topliss-reactive ketones (excluding diaryl/α,β-unsaturated/α-hetero) is 1. The van der Waals surface area contributed by atoms with Crippen LogP contribution in [0.5, 0.6) is 5.75 Å². The van der Waals surface area contributed by atoms with E-state index < -0.39 is 34.4 Å². The number of thioether (sulfide) groups is 1. The van der Waals surface area contributed by atoms with E-state index in [-0.39, 0.29) is 29.4 Å². The molecular formula is C22H18N2O8S. The number of carbonyl (C=O) groups excluding carboxylic acids is 4. The quantitative estimate of drug-likeness (QED) is 0.178. The average Bonchev–Trinajstić information content (AvgIpc) is 3.06. The molecule has 1 saturated heterocycles. The molecule has 2 amide bonds. The lowest BCUT2D eigenvalue weighted by molar-refractivity contribution is -0.384. The predicted octanol–water partition coefficient (Wildman–Crippen LogP) is 3.46. The van der Waals surface area contributed by atoms with Gasteiger partial charge in [-0.25, -0.2) is 4.79 Å². The third-order valence-corrected chi connectivity index (χ3v) is 5.32. The molecule has 2 aromatic carbocycles. The van der Waals surface area contributed by atoms with E-state index in [4.69, 9.17) is 9.47 Å². The fourth-order valence-corrected chi connectivity index (χ4v) is 3.64. The Labute approximate surface area is 192 Å². The Morgan fingerprint density at radius 1 is 1.09 bits per heavy atom. The number of imide groups is 1. The minimum atomic E-state index is -0.608. The van der Waals surface area contributed by atoms with Crippen molar-refractivity contribution in [2.24, 2.45) is 0 Å². The molecule has 1 aliphatic heterocycles. The summed E-state index contributed by atoms with van der Waals surface area (Å²) in [5.41, 5.74) is 0.602. The van der Waals surface area contributed by atoms with Gasteiger partial charge in [0.2, 0.25) is 0 Å². The summed E-state index contributed by atoms with van der Waals surface area (Å²) in [5, 5.41) is 10.1. The van der Waals surface area contributed by atoms with Crippen LogP contribution < -0.4 is 4.74 Å². The number of carbonyl (C=O) groups is 4. The van der Waals surface area contributed by atoms with Gasteiger partial charge in [0.05, 0.1) is 23.0 Å². The lowest BCUT2D eigenvalue weighted by Gasteiger charge is -2.11. The molecule has 0 radical (unpaired) electrons. The fraction of sp³-hybridized carbons (Fsp3) is 0.182. The van der Waals surface area contributed by atoms with E-state index in [1.165, 1.54) is 30.3 Å². The zero-order chi connectivity index (χ0) is 24.0. The molecule has 0 N–H and O–H groups in total. The minimum absolute atomic E-state index is 0.150. The summed E-state index contributed by atoms with van der Waals surface area (Å²) < 4.78 is 10.1. The zero-order valence-corrected chi connectivity index (χ0v) is 18.2. The zero-order valence-electron chi connectivity index (χ0n) is 17.4. The number of nitro groups is 1. The molecule has 0 aliphatic carbocycles. The number of hydrogen-bond acceptors (Lipinski definition) is 9. The Balaban J connectivity index is 1.63. The molecule has 3 rings (SSSR count). The van der Waals surface area contributed by atoms with Crippen LogP contribution in [-0.4, -0.2) is 52.5 Å². The molecule has 33 heavy (non-hydrogen) atoms. The van der Waals surface area contributed by atoms with Gasteiger partial charge in [-0.1, -0.05) is 12.1 Å². The van der Waals surface area contributed by atoms with Crippen LogP contribution in [0.15, 0.2) is 53.4 Å². The van der Waals surface area contributed by atoms with Crippen LogP contribution in [-0.2, 0) is 14.3 Å². The van der Waals surface area contributed by atoms with Gasteiger partial charge < -0.3 is 9.47 Å². The van der Waals surface area contributed by atoms with E-state index in [0.717, 1.165) is 4.90 Å². The first-order valence-electron chi connectivity index (χ1n) is 9.70. The van der Waals surface area contributed by atoms with Crippen molar-refractivity contribution in [1.29, 1.82) is 0 Å². The molecule has 2 aromatic rings. The van der Waals surface area contributed by atoms with E-state index in [2.05, 4.69) is 0 Å². The standard InChI is InChI=1S/C22H18N2O8S/c1-2-31-20(26)13-32-17-9-3-14(4-10-17)11-19-21(27)23(22(28)33-19)12-18(25)15-5-7-16(8-6-15)24(29)30/h3-11H,2,12-13H2,1H3/b19-11-. The number of benzene rings is 2. The summed E-state index contributed by atoms with van der Waals surface area (Å²) >= 11 is 0.709. The van der Waals surface area contributed by atoms with Crippen LogP contribution in [0.4, 0.5) is 10.5 Å². The molecule has 1 fully saturated rings. The number of non-ortho nitro benzene ring substituents is 1. The lowest BCUT2D eigenvalue weighted by Crippen LogP contribution is -2.33. The molecule has 0 aromatic heterocycles. The number of amides is 2. The number of esters is 1. The number of hydrogen-bond donors (Lipinski definition) is 0. The molecule has 0 atom stereocenters. The number of nitro benzene ring substituents is 1. The minimum Gasteiger partial charge on any atom is -0.482 e. The van der Waals surface area contributed by atoms with Gasteiger partial charge in [0.25, 0.3) is 16.8 Å². The van der Waals surface area contributed by atoms with Gasteiger partial charge in [-0.3, -0.25) is 29.4 Å². The summed E-state index contributed by atoms with van der Waals surface area (Å²) in [7, 11) is 0. The topological polar surface area (TPSA) is 133 Å². The Bertz CT molecular complexity index is 1130. The monoisotopic (exact) mass is 470 g/mol. The Morgan fingerprint density at radius 3 is 2.36 bits per heavy atom. The lowest BCUT2D eigenvalue weighted by atomic mass is 10.1. The Kier molecular flexibility index (Phi) is 7.57. The summed E-state index contributed by atoms with van der Waals surface area (Å²) in [6.07, 6.45) is 1.51. The highest BCUT2D eigenvalue weighted by Crippen LogP contribution is 2.32. The molecule has 10 nitrogen and oxygen atoms in total. The summed E-state index contributed by atoms with van der Waals surface area (Å²) in [5.74, 6) is -1.18. The molecule has 0 spiro atoms. The molecule has 1 aliphatic rings. The SMILES string of the molecule is CCOC(=O)COc1ccc(/C=C2\SC(=O)N(CC(=O)c3ccc([N+](=O)[O-])cc3)C2=O)cc1. The second kappa shape index (κ2) is 10.6. The number of ether oxygens (including phenoxy) is 2. The van der Waals surface area contributed by atoms with Gasteiger partial charge in [-0.05, 0) is 54.6 Å². The summed E-state index contributed by atoms with van der Waals surface area (Å²) in [4.78, 5) is 59.8. The molecule has 0 saturated carbocycles. The normalized spacial score (nSPS) is 14.5. The van der Waals surface area contributed by atoms with Crippen molar-refractivity contribution < 1.29 is 33.6 Å². The molecule has 0 unspecified atom stereocenters. The second-order valence-electron chi connectivity index (χ2n) is 6.66. The van der Waals surface area contributed by atoms with Crippen LogP contribution in [0.2, 0.25) is 0 Å². The largest absolute Gasteiger partial charge is 0.482 e. The van der Waals surface area contributed by atoms with Crippen molar-refractivity contribution in [2.75, 3.05) is 19.8 Å². The van der Waals surface area contributed by atoms with E-state index >= 15 is 0 Å². The third kappa shape index (κ3) is 6.04. The number of ketones is 1. The van der Waals surface area contributed by atoms with Gasteiger partial charge in [-0.15, -0.1) is 0 Å². The van der Waals surface area contributed by atoms with E-state index in [0.29, 0.717) is 23.1 Å². The second-order valence-corrected chi connectivity index (χ2v) is 7.65. The van der Waals surface area contributed by atoms with Gasteiger partial charge in [0.1, 0.15) is 5.75 Å². The fourth-order valence-electron chi connectivity index (χ4n) is 2.80. The van der Waals surface area contributed by atoms with Crippen molar-refractivity contribution in [3.8, 4) is 5.75 Å². The number of nitrogens with zero attached hydrogens (tertiary/aromatic N) is 2.